The molecule has 0 spiro atoms. The highest BCUT2D eigenvalue weighted by molar-refractivity contribution is 7.99. The molecule has 7 heteroatoms. The van der Waals surface area contributed by atoms with Crippen molar-refractivity contribution < 1.29 is 9.63 Å². The van der Waals surface area contributed by atoms with Crippen LogP contribution in [0.4, 0.5) is 0 Å². The Morgan fingerprint density at radius 3 is 2.78 bits per heavy atom. The van der Waals surface area contributed by atoms with E-state index < -0.39 is 5.60 Å². The van der Waals surface area contributed by atoms with Crippen molar-refractivity contribution in [2.45, 2.75) is 51.4 Å². The minimum absolute atomic E-state index is 0.187. The van der Waals surface area contributed by atoms with E-state index in [9.17, 15) is 4.79 Å². The second-order valence-electron chi connectivity index (χ2n) is 5.14. The van der Waals surface area contributed by atoms with Crippen LogP contribution in [0.5, 0.6) is 0 Å². The predicted octanol–water partition coefficient (Wildman–Crippen LogP) is 1.80. The third-order valence-corrected chi connectivity index (χ3v) is 2.86. The van der Waals surface area contributed by atoms with Gasteiger partial charge < -0.3 is 4.57 Å². The van der Waals surface area contributed by atoms with Gasteiger partial charge in [0.1, 0.15) is 6.33 Å². The first-order chi connectivity index (χ1) is 8.29. The first kappa shape index (κ1) is 15.0. The summed E-state index contributed by atoms with van der Waals surface area (Å²) in [5, 5.41) is 8.54. The molecule has 0 unspecified atom stereocenters. The number of carbonyl (C=O) groups is 1. The molecule has 1 amide bonds. The Morgan fingerprint density at radius 2 is 2.22 bits per heavy atom. The van der Waals surface area contributed by atoms with E-state index in [1.807, 2.05) is 39.2 Å². The second kappa shape index (κ2) is 6.19. The largest absolute Gasteiger partial charge is 0.306 e. The first-order valence-electron chi connectivity index (χ1n) is 5.79. The molecule has 102 valence electrons. The Kier molecular flexibility index (Phi) is 5.15. The van der Waals surface area contributed by atoms with E-state index in [2.05, 4.69) is 15.7 Å². The number of nitrogens with zero attached hydrogens (tertiary/aromatic N) is 3. The minimum Gasteiger partial charge on any atom is -0.306 e. The highest BCUT2D eigenvalue weighted by Crippen LogP contribution is 2.18. The van der Waals surface area contributed by atoms with Crippen LogP contribution in [-0.2, 0) is 9.63 Å². The van der Waals surface area contributed by atoms with Gasteiger partial charge in [0.2, 0.25) is 0 Å². The fourth-order valence-corrected chi connectivity index (χ4v) is 1.89. The van der Waals surface area contributed by atoms with E-state index in [0.717, 1.165) is 5.16 Å². The molecular formula is C11H20N4O2S. The molecule has 1 N–H and O–H groups in total. The summed E-state index contributed by atoms with van der Waals surface area (Å²) in [4.78, 5) is 16.7. The molecule has 0 saturated carbocycles. The third kappa shape index (κ3) is 5.05. The molecule has 1 rings (SSSR count). The first-order valence-corrected chi connectivity index (χ1v) is 6.77. The average molecular weight is 272 g/mol. The number of hydrogen-bond donors (Lipinski definition) is 1. The lowest BCUT2D eigenvalue weighted by Crippen LogP contribution is -2.34. The minimum atomic E-state index is -0.391. The quantitative estimate of drug-likeness (QED) is 0.654. The van der Waals surface area contributed by atoms with E-state index in [0.29, 0.717) is 0 Å². The van der Waals surface area contributed by atoms with E-state index >= 15 is 0 Å². The molecule has 0 atom stereocenters. The normalized spacial score (nSPS) is 11.9. The third-order valence-electron chi connectivity index (χ3n) is 1.90. The molecule has 0 aromatic carbocycles. The van der Waals surface area contributed by atoms with Gasteiger partial charge in [-0.05, 0) is 34.6 Å². The molecule has 0 saturated heterocycles. The Morgan fingerprint density at radius 1 is 1.56 bits per heavy atom. The van der Waals surface area contributed by atoms with Crippen molar-refractivity contribution in [3.63, 3.8) is 0 Å². The summed E-state index contributed by atoms with van der Waals surface area (Å²) < 4.78 is 1.92. The highest BCUT2D eigenvalue weighted by Gasteiger charge is 2.14. The summed E-state index contributed by atoms with van der Waals surface area (Å²) in [6.45, 7) is 9.69. The molecule has 1 aromatic heterocycles. The number of amides is 1. The molecule has 0 aliphatic rings. The predicted molar refractivity (Wildman–Crippen MR) is 70.1 cm³/mol. The van der Waals surface area contributed by atoms with Gasteiger partial charge in [0.25, 0.3) is 5.91 Å². The molecule has 0 aliphatic carbocycles. The number of carbonyl (C=O) groups excluding carboxylic acids is 1. The molecule has 0 aliphatic heterocycles. The van der Waals surface area contributed by atoms with Crippen molar-refractivity contribution in [3.05, 3.63) is 6.33 Å². The maximum absolute atomic E-state index is 11.6. The van der Waals surface area contributed by atoms with Crippen LogP contribution < -0.4 is 5.48 Å². The number of thioether (sulfide) groups is 1. The zero-order chi connectivity index (χ0) is 13.8. The van der Waals surface area contributed by atoms with Gasteiger partial charge in [-0.3, -0.25) is 9.63 Å². The summed E-state index contributed by atoms with van der Waals surface area (Å²) in [7, 11) is 0. The SMILES string of the molecule is CC(C)n1cnnc1SCC(=O)NOC(C)(C)C. The molecule has 0 bridgehead atoms. The Bertz CT molecular complexity index is 398. The van der Waals surface area contributed by atoms with E-state index in [-0.39, 0.29) is 17.7 Å². The van der Waals surface area contributed by atoms with Gasteiger partial charge >= 0.3 is 0 Å². The van der Waals surface area contributed by atoms with Crippen LogP contribution in [0.1, 0.15) is 40.7 Å². The number of rotatable bonds is 5. The Hall–Kier alpha value is -1.08. The molecule has 1 aromatic rings. The van der Waals surface area contributed by atoms with Crippen molar-refractivity contribution in [2.75, 3.05) is 5.75 Å². The summed E-state index contributed by atoms with van der Waals surface area (Å²) in [6.07, 6.45) is 1.66. The van der Waals surface area contributed by atoms with E-state index in [1.54, 1.807) is 6.33 Å². The van der Waals surface area contributed by atoms with Crippen LogP contribution in [0.25, 0.3) is 0 Å². The van der Waals surface area contributed by atoms with Crippen LogP contribution in [0, 0.1) is 0 Å². The number of hydrogen-bond acceptors (Lipinski definition) is 5. The molecule has 0 fully saturated rings. The fraction of sp³-hybridized carbons (Fsp3) is 0.727. The lowest BCUT2D eigenvalue weighted by molar-refractivity contribution is -0.142. The summed E-state index contributed by atoms with van der Waals surface area (Å²) in [5.41, 5.74) is 2.03. The van der Waals surface area contributed by atoms with E-state index in [4.69, 9.17) is 4.84 Å². The zero-order valence-electron chi connectivity index (χ0n) is 11.4. The van der Waals surface area contributed by atoms with Crippen molar-refractivity contribution in [2.24, 2.45) is 0 Å². The van der Waals surface area contributed by atoms with Crippen LogP contribution in [0.3, 0.4) is 0 Å². The summed E-state index contributed by atoms with van der Waals surface area (Å²) >= 11 is 1.34. The van der Waals surface area contributed by atoms with Gasteiger partial charge in [-0.1, -0.05) is 11.8 Å². The maximum Gasteiger partial charge on any atom is 0.254 e. The molecule has 18 heavy (non-hydrogen) atoms. The smallest absolute Gasteiger partial charge is 0.254 e. The average Bonchev–Trinajstić information content (AvgIpc) is 2.70. The van der Waals surface area contributed by atoms with Gasteiger partial charge in [0.05, 0.1) is 11.4 Å². The van der Waals surface area contributed by atoms with Crippen LogP contribution in [-0.4, -0.2) is 32.0 Å². The second-order valence-corrected chi connectivity index (χ2v) is 6.09. The Balaban J connectivity index is 2.41. The van der Waals surface area contributed by atoms with Crippen LogP contribution in [0.15, 0.2) is 11.5 Å². The highest BCUT2D eigenvalue weighted by atomic mass is 32.2. The van der Waals surface area contributed by atoms with Gasteiger partial charge in [-0.2, -0.15) is 0 Å². The van der Waals surface area contributed by atoms with Gasteiger partial charge in [-0.25, -0.2) is 5.48 Å². The molecular weight excluding hydrogens is 252 g/mol. The topological polar surface area (TPSA) is 69.0 Å². The number of nitrogens with one attached hydrogen (secondary N) is 1. The number of hydroxylamine groups is 1. The van der Waals surface area contributed by atoms with Crippen LogP contribution in [0.2, 0.25) is 0 Å². The molecule has 1 heterocycles. The van der Waals surface area contributed by atoms with Crippen molar-refractivity contribution in [1.82, 2.24) is 20.2 Å². The van der Waals surface area contributed by atoms with E-state index in [1.165, 1.54) is 11.8 Å². The van der Waals surface area contributed by atoms with Crippen molar-refractivity contribution in [1.29, 1.82) is 0 Å². The van der Waals surface area contributed by atoms with Gasteiger partial charge in [0.15, 0.2) is 5.16 Å². The lowest BCUT2D eigenvalue weighted by atomic mass is 10.2. The molecule has 6 nitrogen and oxygen atoms in total. The Labute approximate surface area is 111 Å². The maximum atomic E-state index is 11.6. The molecule has 0 radical (unpaired) electrons. The fourth-order valence-electron chi connectivity index (χ4n) is 1.06. The van der Waals surface area contributed by atoms with Gasteiger partial charge in [-0.15, -0.1) is 10.2 Å². The van der Waals surface area contributed by atoms with Crippen molar-refractivity contribution in [3.8, 4) is 0 Å². The summed E-state index contributed by atoms with van der Waals surface area (Å²) in [5.74, 6) is 0.0647. The van der Waals surface area contributed by atoms with Crippen molar-refractivity contribution >= 4 is 17.7 Å². The lowest BCUT2D eigenvalue weighted by Gasteiger charge is -2.18. The van der Waals surface area contributed by atoms with Gasteiger partial charge in [0, 0.05) is 6.04 Å². The zero-order valence-corrected chi connectivity index (χ0v) is 12.2. The monoisotopic (exact) mass is 272 g/mol. The number of aromatic nitrogens is 3. The van der Waals surface area contributed by atoms with Crippen LogP contribution >= 0.6 is 11.8 Å². The summed E-state index contributed by atoms with van der Waals surface area (Å²) in [6, 6.07) is 0.274. The standard InChI is InChI=1S/C11H20N4O2S/c1-8(2)15-7-12-13-10(15)18-6-9(16)14-17-11(3,4)5/h7-8H,6H2,1-5H3,(H,14,16).